The molecule has 0 unspecified atom stereocenters. The van der Waals surface area contributed by atoms with Crippen molar-refractivity contribution in [3.63, 3.8) is 0 Å². The minimum Gasteiger partial charge on any atom is -0.398 e. The lowest BCUT2D eigenvalue weighted by Crippen LogP contribution is -2.38. The van der Waals surface area contributed by atoms with Gasteiger partial charge in [-0.1, -0.05) is 25.3 Å². The Kier molecular flexibility index (Phi) is 4.39. The number of hydrogen-bond acceptors (Lipinski definition) is 3. The van der Waals surface area contributed by atoms with E-state index >= 15 is 0 Å². The zero-order valence-electron chi connectivity index (χ0n) is 12.5. The van der Waals surface area contributed by atoms with Crippen molar-refractivity contribution in [2.75, 3.05) is 12.8 Å². The van der Waals surface area contributed by atoms with Gasteiger partial charge in [0.1, 0.15) is 0 Å². The summed E-state index contributed by atoms with van der Waals surface area (Å²) in [5, 5.41) is 0. The molecule has 5 heteroatoms. The Morgan fingerprint density at radius 3 is 2.35 bits per heavy atom. The van der Waals surface area contributed by atoms with Crippen LogP contribution in [-0.2, 0) is 10.0 Å². The molecule has 0 amide bonds. The maximum absolute atomic E-state index is 12.9. The topological polar surface area (TPSA) is 63.4 Å². The summed E-state index contributed by atoms with van der Waals surface area (Å²) in [6.45, 7) is 3.61. The van der Waals surface area contributed by atoms with Gasteiger partial charge in [0.15, 0.2) is 0 Å². The van der Waals surface area contributed by atoms with Crippen LogP contribution in [-0.4, -0.2) is 25.8 Å². The third kappa shape index (κ3) is 2.69. The fraction of sp³-hybridized carbons (Fsp3) is 0.600. The Morgan fingerprint density at radius 2 is 1.75 bits per heavy atom. The van der Waals surface area contributed by atoms with Crippen LogP contribution >= 0.6 is 0 Å². The number of benzene rings is 1. The van der Waals surface area contributed by atoms with Crippen LogP contribution in [0.5, 0.6) is 0 Å². The second-order valence-electron chi connectivity index (χ2n) is 5.74. The zero-order valence-corrected chi connectivity index (χ0v) is 13.3. The monoisotopic (exact) mass is 296 g/mol. The molecule has 20 heavy (non-hydrogen) atoms. The molecule has 1 fully saturated rings. The second-order valence-corrected chi connectivity index (χ2v) is 7.67. The molecule has 1 aliphatic rings. The van der Waals surface area contributed by atoms with E-state index in [1.807, 2.05) is 6.92 Å². The van der Waals surface area contributed by atoms with Gasteiger partial charge in [-0.25, -0.2) is 8.42 Å². The first-order chi connectivity index (χ1) is 9.35. The van der Waals surface area contributed by atoms with Crippen LogP contribution in [0.25, 0.3) is 0 Å². The minimum absolute atomic E-state index is 0.119. The molecule has 2 rings (SSSR count). The highest BCUT2D eigenvalue weighted by atomic mass is 32.2. The van der Waals surface area contributed by atoms with Crippen LogP contribution in [0.15, 0.2) is 17.0 Å². The maximum Gasteiger partial charge on any atom is 0.243 e. The van der Waals surface area contributed by atoms with E-state index in [1.165, 1.54) is 6.42 Å². The summed E-state index contributed by atoms with van der Waals surface area (Å²) < 4.78 is 27.3. The fourth-order valence-corrected chi connectivity index (χ4v) is 4.90. The molecule has 1 aromatic rings. The van der Waals surface area contributed by atoms with E-state index in [0.717, 1.165) is 31.2 Å². The number of nitrogen functional groups attached to an aromatic ring is 1. The highest BCUT2D eigenvalue weighted by molar-refractivity contribution is 7.89. The lowest BCUT2D eigenvalue weighted by atomic mass is 9.96. The summed E-state index contributed by atoms with van der Waals surface area (Å²) in [6.07, 6.45) is 5.34. The van der Waals surface area contributed by atoms with Crippen molar-refractivity contribution in [3.05, 3.63) is 23.3 Å². The largest absolute Gasteiger partial charge is 0.398 e. The summed E-state index contributed by atoms with van der Waals surface area (Å²) in [4.78, 5) is 0.380. The molecule has 0 bridgehead atoms. The first-order valence-corrected chi connectivity index (χ1v) is 8.63. The van der Waals surface area contributed by atoms with E-state index in [1.54, 1.807) is 30.4 Å². The predicted octanol–water partition coefficient (Wildman–Crippen LogP) is 2.84. The molecular weight excluding hydrogens is 272 g/mol. The van der Waals surface area contributed by atoms with Gasteiger partial charge in [-0.2, -0.15) is 4.31 Å². The normalized spacial score (nSPS) is 17.6. The van der Waals surface area contributed by atoms with Crippen LogP contribution in [0.4, 0.5) is 5.69 Å². The van der Waals surface area contributed by atoms with Crippen LogP contribution in [0.3, 0.4) is 0 Å². The van der Waals surface area contributed by atoms with Crippen LogP contribution in [0.1, 0.15) is 43.2 Å². The van der Waals surface area contributed by atoms with E-state index in [0.29, 0.717) is 16.1 Å². The Balaban J connectivity index is 2.42. The van der Waals surface area contributed by atoms with E-state index in [9.17, 15) is 8.42 Å². The summed E-state index contributed by atoms with van der Waals surface area (Å²) in [7, 11) is -1.77. The average Bonchev–Trinajstić information content (AvgIpc) is 2.43. The van der Waals surface area contributed by atoms with Crippen molar-refractivity contribution in [1.29, 1.82) is 0 Å². The van der Waals surface area contributed by atoms with Gasteiger partial charge in [0.2, 0.25) is 10.0 Å². The summed E-state index contributed by atoms with van der Waals surface area (Å²) in [5.41, 5.74) is 7.84. The van der Waals surface area contributed by atoms with Gasteiger partial charge >= 0.3 is 0 Å². The average molecular weight is 296 g/mol. The summed E-state index contributed by atoms with van der Waals surface area (Å²) in [5.74, 6) is 0. The molecule has 0 atom stereocenters. The molecule has 0 aromatic heterocycles. The first kappa shape index (κ1) is 15.3. The highest BCUT2D eigenvalue weighted by Crippen LogP contribution is 2.31. The molecule has 112 valence electrons. The number of anilines is 1. The lowest BCUT2D eigenvalue weighted by molar-refractivity contribution is 0.285. The molecule has 2 N–H and O–H groups in total. The van der Waals surface area contributed by atoms with Gasteiger partial charge in [-0.15, -0.1) is 0 Å². The number of sulfonamides is 1. The number of nitrogens with two attached hydrogens (primary N) is 1. The van der Waals surface area contributed by atoms with Crippen LogP contribution in [0.2, 0.25) is 0 Å². The van der Waals surface area contributed by atoms with Gasteiger partial charge in [-0.05, 0) is 43.9 Å². The number of aryl methyl sites for hydroxylation is 1. The SMILES string of the molecule is Cc1ccc(N)c(C)c1S(=O)(=O)N(C)C1CCCCC1. The van der Waals surface area contributed by atoms with Crippen LogP contribution < -0.4 is 5.73 Å². The zero-order chi connectivity index (χ0) is 14.9. The Bertz CT molecular complexity index is 590. The molecule has 0 radical (unpaired) electrons. The van der Waals surface area contributed by atoms with Gasteiger partial charge in [-0.3, -0.25) is 0 Å². The molecule has 0 aliphatic heterocycles. The standard InChI is InChI=1S/C15H24N2O2S/c1-11-9-10-14(16)12(2)15(11)20(18,19)17(3)13-7-5-4-6-8-13/h9-10,13H,4-8,16H2,1-3H3. The van der Waals surface area contributed by atoms with Crippen molar-refractivity contribution >= 4 is 15.7 Å². The van der Waals surface area contributed by atoms with Gasteiger partial charge in [0, 0.05) is 18.8 Å². The Hall–Kier alpha value is -1.07. The molecule has 0 saturated heterocycles. The second kappa shape index (κ2) is 5.74. The molecular formula is C15H24N2O2S. The van der Waals surface area contributed by atoms with Gasteiger partial charge in [0.25, 0.3) is 0 Å². The first-order valence-electron chi connectivity index (χ1n) is 7.19. The highest BCUT2D eigenvalue weighted by Gasteiger charge is 2.31. The van der Waals surface area contributed by atoms with Crippen molar-refractivity contribution in [2.45, 2.75) is 56.9 Å². The Morgan fingerprint density at radius 1 is 1.15 bits per heavy atom. The molecule has 1 aliphatic carbocycles. The number of hydrogen-bond donors (Lipinski definition) is 1. The summed E-state index contributed by atoms with van der Waals surface area (Å²) >= 11 is 0. The van der Waals surface area contributed by atoms with Crippen molar-refractivity contribution in [3.8, 4) is 0 Å². The van der Waals surface area contributed by atoms with E-state index in [-0.39, 0.29) is 6.04 Å². The third-order valence-corrected chi connectivity index (χ3v) is 6.57. The smallest absolute Gasteiger partial charge is 0.243 e. The molecule has 4 nitrogen and oxygen atoms in total. The van der Waals surface area contributed by atoms with Crippen molar-refractivity contribution in [2.24, 2.45) is 0 Å². The maximum atomic E-state index is 12.9. The molecule has 0 spiro atoms. The Labute approximate surface area is 122 Å². The molecule has 0 heterocycles. The number of nitrogens with zero attached hydrogens (tertiary/aromatic N) is 1. The van der Waals surface area contributed by atoms with Crippen molar-refractivity contribution < 1.29 is 8.42 Å². The van der Waals surface area contributed by atoms with E-state index < -0.39 is 10.0 Å². The van der Waals surface area contributed by atoms with E-state index in [2.05, 4.69) is 0 Å². The van der Waals surface area contributed by atoms with E-state index in [4.69, 9.17) is 5.73 Å². The quantitative estimate of drug-likeness (QED) is 0.872. The molecule has 1 saturated carbocycles. The third-order valence-electron chi connectivity index (χ3n) is 4.37. The van der Waals surface area contributed by atoms with Gasteiger partial charge in [0.05, 0.1) is 4.90 Å². The lowest BCUT2D eigenvalue weighted by Gasteiger charge is -2.31. The minimum atomic E-state index is -3.47. The number of rotatable bonds is 3. The predicted molar refractivity (Wildman–Crippen MR) is 82.2 cm³/mol. The fourth-order valence-electron chi connectivity index (χ4n) is 3.02. The van der Waals surface area contributed by atoms with Crippen LogP contribution in [0, 0.1) is 13.8 Å². The summed E-state index contributed by atoms with van der Waals surface area (Å²) in [6, 6.07) is 3.67. The molecule has 1 aromatic carbocycles. The van der Waals surface area contributed by atoms with Gasteiger partial charge < -0.3 is 5.73 Å². The van der Waals surface area contributed by atoms with Crippen molar-refractivity contribution in [1.82, 2.24) is 4.31 Å².